The lowest BCUT2D eigenvalue weighted by atomic mass is 9.95. The van der Waals surface area contributed by atoms with Gasteiger partial charge in [0, 0.05) is 46.9 Å². The maximum Gasteiger partial charge on any atom is 0.259 e. The molecule has 0 aliphatic carbocycles. The van der Waals surface area contributed by atoms with Crippen molar-refractivity contribution in [1.29, 1.82) is 0 Å². The molecule has 4 heterocycles. The van der Waals surface area contributed by atoms with Crippen LogP contribution in [0.3, 0.4) is 0 Å². The third-order valence-electron chi connectivity index (χ3n) is 7.25. The Morgan fingerprint density at radius 1 is 0.811 bits per heavy atom. The number of amides is 2. The van der Waals surface area contributed by atoms with Crippen LogP contribution in [0.15, 0.2) is 60.9 Å². The van der Waals surface area contributed by atoms with Gasteiger partial charge in [-0.3, -0.25) is 14.9 Å². The van der Waals surface area contributed by atoms with E-state index in [9.17, 15) is 30.0 Å². The summed E-state index contributed by atoms with van der Waals surface area (Å²) in [6, 6.07) is 14.7. The number of aliphatic hydroxyl groups excluding tert-OH is 4. The molecule has 5 atom stereocenters. The molecule has 2 aromatic heterocycles. The van der Waals surface area contributed by atoms with Gasteiger partial charge in [-0.1, -0.05) is 36.4 Å². The summed E-state index contributed by atoms with van der Waals surface area (Å²) in [5.74, 6) is -1.06. The number of aromatic nitrogens is 2. The van der Waals surface area contributed by atoms with E-state index in [1.807, 2.05) is 42.1 Å². The molecule has 2 aromatic carbocycles. The van der Waals surface area contributed by atoms with E-state index in [2.05, 4.69) is 5.32 Å². The van der Waals surface area contributed by atoms with Crippen molar-refractivity contribution in [1.82, 2.24) is 14.5 Å². The van der Waals surface area contributed by atoms with E-state index in [0.29, 0.717) is 22.0 Å². The zero-order chi connectivity index (χ0) is 26.0. The molecule has 0 radical (unpaired) electrons. The number of aryl methyl sites for hydroxylation is 1. The van der Waals surface area contributed by atoms with Gasteiger partial charge < -0.3 is 34.3 Å². The second-order valence-electron chi connectivity index (χ2n) is 9.39. The first kappa shape index (κ1) is 23.6. The predicted molar refractivity (Wildman–Crippen MR) is 134 cm³/mol. The number of ether oxygens (including phenoxy) is 1. The van der Waals surface area contributed by atoms with Gasteiger partial charge in [-0.25, -0.2) is 0 Å². The summed E-state index contributed by atoms with van der Waals surface area (Å²) in [7, 11) is 1.87. The Morgan fingerprint density at radius 3 is 2.03 bits per heavy atom. The molecule has 2 aliphatic rings. The van der Waals surface area contributed by atoms with Crippen molar-refractivity contribution in [3.63, 3.8) is 0 Å². The van der Waals surface area contributed by atoms with Gasteiger partial charge in [0.25, 0.3) is 11.8 Å². The number of carbonyl (C=O) groups is 2. The van der Waals surface area contributed by atoms with Crippen molar-refractivity contribution in [3.05, 3.63) is 72.1 Å². The molecule has 37 heavy (non-hydrogen) atoms. The highest BCUT2D eigenvalue weighted by Crippen LogP contribution is 2.40. The Bertz CT molecular complexity index is 1600. The van der Waals surface area contributed by atoms with Crippen molar-refractivity contribution in [2.45, 2.75) is 30.6 Å². The topological polar surface area (TPSA) is 146 Å². The highest BCUT2D eigenvalue weighted by molar-refractivity contribution is 6.50. The van der Waals surface area contributed by atoms with Gasteiger partial charge in [0.05, 0.1) is 23.3 Å². The fraction of sp³-hybridized carbons (Fsp3) is 0.259. The van der Waals surface area contributed by atoms with E-state index in [0.717, 1.165) is 10.9 Å². The molecule has 10 heteroatoms. The van der Waals surface area contributed by atoms with E-state index in [4.69, 9.17) is 4.74 Å². The number of aliphatic hydroxyl groups is 4. The van der Waals surface area contributed by atoms with Crippen molar-refractivity contribution in [2.24, 2.45) is 7.05 Å². The Kier molecular flexibility index (Phi) is 5.51. The zero-order valence-electron chi connectivity index (χ0n) is 19.8. The van der Waals surface area contributed by atoms with E-state index >= 15 is 0 Å². The Morgan fingerprint density at radius 2 is 1.38 bits per heavy atom. The highest BCUT2D eigenvalue weighted by Gasteiger charge is 2.45. The van der Waals surface area contributed by atoms with Crippen LogP contribution in [0.2, 0.25) is 0 Å². The summed E-state index contributed by atoms with van der Waals surface area (Å²) in [5, 5.41) is 44.9. The lowest BCUT2D eigenvalue weighted by molar-refractivity contribution is -0.250. The van der Waals surface area contributed by atoms with Crippen LogP contribution in [0.5, 0.6) is 0 Å². The smallest absolute Gasteiger partial charge is 0.259 e. The molecule has 0 unspecified atom stereocenters. The van der Waals surface area contributed by atoms with Gasteiger partial charge in [0.1, 0.15) is 24.4 Å². The molecular formula is C27H25N3O7. The number of hydrogen-bond acceptors (Lipinski definition) is 7. The third kappa shape index (κ3) is 3.45. The molecule has 1 saturated heterocycles. The van der Waals surface area contributed by atoms with Crippen LogP contribution in [-0.4, -0.2) is 72.4 Å². The van der Waals surface area contributed by atoms with Crippen molar-refractivity contribution in [2.75, 3.05) is 6.61 Å². The van der Waals surface area contributed by atoms with Crippen LogP contribution in [0.1, 0.15) is 17.4 Å². The minimum absolute atomic E-state index is 0.181. The number of nitrogens with one attached hydrogen (secondary N) is 1. The predicted octanol–water partition coefficient (Wildman–Crippen LogP) is 0.673. The number of rotatable bonds is 4. The second-order valence-corrected chi connectivity index (χ2v) is 9.39. The van der Waals surface area contributed by atoms with E-state index in [1.54, 1.807) is 35.0 Å². The van der Waals surface area contributed by atoms with Gasteiger partial charge in [-0.2, -0.15) is 0 Å². The maximum atomic E-state index is 13.2. The second kappa shape index (κ2) is 8.65. The number of nitrogens with zero attached hydrogens (tertiary/aromatic N) is 2. The summed E-state index contributed by atoms with van der Waals surface area (Å²) >= 11 is 0. The molecule has 2 aliphatic heterocycles. The van der Waals surface area contributed by atoms with E-state index in [1.165, 1.54) is 0 Å². The van der Waals surface area contributed by atoms with Crippen molar-refractivity contribution >= 4 is 44.8 Å². The Labute approximate surface area is 210 Å². The van der Waals surface area contributed by atoms with E-state index < -0.39 is 49.1 Å². The summed E-state index contributed by atoms with van der Waals surface area (Å²) in [6.07, 6.45) is -3.46. The van der Waals surface area contributed by atoms with Gasteiger partial charge in [-0.05, 0) is 12.1 Å². The van der Waals surface area contributed by atoms with Gasteiger partial charge in [0.2, 0.25) is 0 Å². The Hall–Kier alpha value is -3.80. The van der Waals surface area contributed by atoms with Crippen LogP contribution in [0.25, 0.3) is 33.0 Å². The van der Waals surface area contributed by atoms with Crippen LogP contribution in [-0.2, 0) is 21.4 Å². The Balaban J connectivity index is 1.59. The minimum Gasteiger partial charge on any atom is -0.394 e. The fourth-order valence-electron chi connectivity index (χ4n) is 5.44. The first-order valence-corrected chi connectivity index (χ1v) is 11.9. The number of benzene rings is 2. The van der Waals surface area contributed by atoms with Crippen molar-refractivity contribution < 1.29 is 34.8 Å². The molecule has 190 valence electrons. The van der Waals surface area contributed by atoms with E-state index in [-0.39, 0.29) is 11.1 Å². The quantitative estimate of drug-likeness (QED) is 0.257. The number of para-hydroxylation sites is 2. The largest absolute Gasteiger partial charge is 0.394 e. The number of hydrogen-bond donors (Lipinski definition) is 5. The summed E-state index contributed by atoms with van der Waals surface area (Å²) in [4.78, 5) is 26.3. The van der Waals surface area contributed by atoms with Crippen LogP contribution >= 0.6 is 0 Å². The molecule has 10 nitrogen and oxygen atoms in total. The highest BCUT2D eigenvalue weighted by atomic mass is 16.6. The normalized spacial score (nSPS) is 26.5. The summed E-state index contributed by atoms with van der Waals surface area (Å²) in [5.41, 5.74) is 2.94. The first-order chi connectivity index (χ1) is 17.8. The summed E-state index contributed by atoms with van der Waals surface area (Å²) in [6.45, 7) is -0.569. The molecule has 4 aromatic rings. The molecular weight excluding hydrogens is 478 g/mol. The fourth-order valence-corrected chi connectivity index (χ4v) is 5.44. The molecule has 6 rings (SSSR count). The van der Waals surface area contributed by atoms with Gasteiger partial charge >= 0.3 is 0 Å². The maximum absolute atomic E-state index is 13.2. The minimum atomic E-state index is -1.57. The standard InChI is InChI=1S/C27H25N3O7/c1-29-10-15(13-6-2-4-8-17(13)29)20-21(26(36)28-25(20)35)16-11-30(18-9-5-3-7-14(16)18)27-24(34)23(33)22(32)19(12-31)37-27/h2-11,19,22-24,27,31-34H,12H2,1H3,(H,28,35,36)/t19-,22-,23+,24-,27-/m1/s1. The average molecular weight is 504 g/mol. The zero-order valence-corrected chi connectivity index (χ0v) is 19.8. The van der Waals surface area contributed by atoms with Gasteiger partial charge in [0.15, 0.2) is 6.23 Å². The van der Waals surface area contributed by atoms with Gasteiger partial charge in [-0.15, -0.1) is 0 Å². The number of imide groups is 1. The number of fused-ring (bicyclic) bond motifs is 2. The summed E-state index contributed by atoms with van der Waals surface area (Å²) < 4.78 is 9.23. The lowest BCUT2D eigenvalue weighted by Gasteiger charge is -2.40. The first-order valence-electron chi connectivity index (χ1n) is 11.9. The lowest BCUT2D eigenvalue weighted by Crippen LogP contribution is -2.56. The SMILES string of the molecule is Cn1cc(C2=C(c3cn([C@@H]4O[C@H](CO)[C@@H](O)[C@H](O)[C@H]4O)c4ccccc34)C(=O)NC2=O)c2ccccc21. The molecule has 2 amide bonds. The molecule has 1 fully saturated rings. The molecule has 0 spiro atoms. The monoisotopic (exact) mass is 503 g/mol. The third-order valence-corrected chi connectivity index (χ3v) is 7.25. The van der Waals surface area contributed by atoms with Crippen LogP contribution in [0, 0.1) is 0 Å². The molecule has 0 saturated carbocycles. The average Bonchev–Trinajstić information content (AvgIpc) is 3.53. The molecule has 5 N–H and O–H groups in total. The molecule has 0 bridgehead atoms. The van der Waals surface area contributed by atoms with Crippen LogP contribution < -0.4 is 5.32 Å². The van der Waals surface area contributed by atoms with Crippen LogP contribution in [0.4, 0.5) is 0 Å². The van der Waals surface area contributed by atoms with Crippen molar-refractivity contribution in [3.8, 4) is 0 Å². The number of carbonyl (C=O) groups excluding carboxylic acids is 2.